The molecule has 1 aliphatic heterocycles. The molecule has 4 rings (SSSR count). The molecular formula is C25H22F2IN3O4. The molecule has 10 heteroatoms. The van der Waals surface area contributed by atoms with Crippen LogP contribution in [0.4, 0.5) is 31.5 Å². The Bertz CT molecular complexity index is 1280. The summed E-state index contributed by atoms with van der Waals surface area (Å²) >= 11 is 2.12. The molecular weight excluding hydrogens is 571 g/mol. The summed E-state index contributed by atoms with van der Waals surface area (Å²) < 4.78 is 35.9. The van der Waals surface area contributed by atoms with Crippen LogP contribution in [0.15, 0.2) is 48.5 Å². The number of benzene rings is 3. The summed E-state index contributed by atoms with van der Waals surface area (Å²) in [5.41, 5.74) is 0.865. The first-order chi connectivity index (χ1) is 16.7. The van der Waals surface area contributed by atoms with Crippen LogP contribution in [0.5, 0.6) is 0 Å². The lowest BCUT2D eigenvalue weighted by molar-refractivity contribution is 0.0690. The lowest BCUT2D eigenvalue weighted by Gasteiger charge is -2.28. The van der Waals surface area contributed by atoms with Crippen LogP contribution in [-0.2, 0) is 4.74 Å². The largest absolute Gasteiger partial charge is 0.478 e. The SMILES string of the molecule is Cc1cc(I)ccc1Nc1c(C(=O)Nc2ccc(N3CCOCC3)cc2)cc(C(=O)O)c(F)c1F. The van der Waals surface area contributed by atoms with Crippen LogP contribution >= 0.6 is 22.6 Å². The van der Waals surface area contributed by atoms with Crippen molar-refractivity contribution in [2.45, 2.75) is 6.92 Å². The molecule has 0 aromatic heterocycles. The Morgan fingerprint density at radius 1 is 1.00 bits per heavy atom. The molecule has 0 unspecified atom stereocenters. The number of nitrogens with one attached hydrogen (secondary N) is 2. The van der Waals surface area contributed by atoms with Crippen LogP contribution in [0, 0.1) is 22.1 Å². The molecule has 0 atom stereocenters. The van der Waals surface area contributed by atoms with Gasteiger partial charge in [0.05, 0.1) is 30.0 Å². The van der Waals surface area contributed by atoms with E-state index in [0.29, 0.717) is 24.6 Å². The van der Waals surface area contributed by atoms with E-state index in [4.69, 9.17) is 4.74 Å². The van der Waals surface area contributed by atoms with E-state index < -0.39 is 34.8 Å². The van der Waals surface area contributed by atoms with E-state index >= 15 is 4.39 Å². The number of anilines is 4. The molecule has 1 heterocycles. The highest BCUT2D eigenvalue weighted by Gasteiger charge is 2.26. The van der Waals surface area contributed by atoms with Crippen molar-refractivity contribution in [1.82, 2.24) is 0 Å². The number of aryl methyl sites for hydroxylation is 1. The highest BCUT2D eigenvalue weighted by atomic mass is 127. The van der Waals surface area contributed by atoms with Crippen molar-refractivity contribution in [2.24, 2.45) is 0 Å². The maximum Gasteiger partial charge on any atom is 0.338 e. The van der Waals surface area contributed by atoms with Crippen molar-refractivity contribution < 1.29 is 28.2 Å². The zero-order valence-corrected chi connectivity index (χ0v) is 20.9. The Labute approximate surface area is 214 Å². The monoisotopic (exact) mass is 593 g/mol. The van der Waals surface area contributed by atoms with Gasteiger partial charge in [-0.2, -0.15) is 0 Å². The number of nitrogens with zero attached hydrogens (tertiary/aromatic N) is 1. The van der Waals surface area contributed by atoms with Gasteiger partial charge < -0.3 is 25.4 Å². The first kappa shape index (κ1) is 24.9. The molecule has 1 aliphatic rings. The van der Waals surface area contributed by atoms with Gasteiger partial charge in [0.25, 0.3) is 5.91 Å². The van der Waals surface area contributed by atoms with Crippen LogP contribution < -0.4 is 15.5 Å². The predicted octanol–water partition coefficient (Wildman–Crippen LogP) is 5.41. The smallest absolute Gasteiger partial charge is 0.338 e. The third-order valence-corrected chi connectivity index (χ3v) is 6.30. The summed E-state index contributed by atoms with van der Waals surface area (Å²) in [6.07, 6.45) is 0. The second-order valence-corrected chi connectivity index (χ2v) is 9.21. The van der Waals surface area contributed by atoms with Crippen molar-refractivity contribution in [3.8, 4) is 0 Å². The molecule has 0 spiro atoms. The van der Waals surface area contributed by atoms with Crippen molar-refractivity contribution >= 4 is 57.2 Å². The van der Waals surface area contributed by atoms with Gasteiger partial charge in [-0.15, -0.1) is 0 Å². The molecule has 0 radical (unpaired) electrons. The molecule has 0 bridgehead atoms. The number of halogens is 3. The number of aromatic carboxylic acids is 1. The number of carbonyl (C=O) groups excluding carboxylic acids is 1. The van der Waals surface area contributed by atoms with E-state index in [0.717, 1.165) is 34.0 Å². The number of morpholine rings is 1. The minimum atomic E-state index is -1.68. The minimum absolute atomic E-state index is 0.337. The molecule has 1 fully saturated rings. The topological polar surface area (TPSA) is 90.9 Å². The zero-order chi connectivity index (χ0) is 25.1. The summed E-state index contributed by atoms with van der Waals surface area (Å²) in [6, 6.07) is 13.2. The number of rotatable bonds is 6. The normalized spacial score (nSPS) is 13.4. The number of hydrogen-bond donors (Lipinski definition) is 3. The molecule has 7 nitrogen and oxygen atoms in total. The van der Waals surface area contributed by atoms with Gasteiger partial charge >= 0.3 is 5.97 Å². The van der Waals surface area contributed by atoms with E-state index in [1.54, 1.807) is 31.2 Å². The van der Waals surface area contributed by atoms with Crippen LogP contribution in [0.2, 0.25) is 0 Å². The fraction of sp³-hybridized carbons (Fsp3) is 0.200. The molecule has 3 N–H and O–H groups in total. The van der Waals surface area contributed by atoms with Gasteiger partial charge in [0.15, 0.2) is 11.6 Å². The van der Waals surface area contributed by atoms with Crippen molar-refractivity contribution in [3.05, 3.63) is 80.4 Å². The molecule has 3 aromatic rings. The zero-order valence-electron chi connectivity index (χ0n) is 18.7. The summed E-state index contributed by atoms with van der Waals surface area (Å²) in [5, 5.41) is 14.7. The second-order valence-electron chi connectivity index (χ2n) is 7.96. The van der Waals surface area contributed by atoms with Gasteiger partial charge in [0.1, 0.15) is 0 Å². The third-order valence-electron chi connectivity index (χ3n) is 5.63. The van der Waals surface area contributed by atoms with Crippen LogP contribution in [0.25, 0.3) is 0 Å². The first-order valence-electron chi connectivity index (χ1n) is 10.8. The number of carboxylic acids is 1. The fourth-order valence-corrected chi connectivity index (χ4v) is 4.41. The minimum Gasteiger partial charge on any atom is -0.478 e. The molecule has 182 valence electrons. The highest BCUT2D eigenvalue weighted by Crippen LogP contribution is 2.31. The Hall–Kier alpha value is -3.25. The summed E-state index contributed by atoms with van der Waals surface area (Å²) in [6.45, 7) is 4.56. The molecule has 3 aromatic carbocycles. The predicted molar refractivity (Wildman–Crippen MR) is 138 cm³/mol. The molecule has 35 heavy (non-hydrogen) atoms. The Balaban J connectivity index is 1.66. The standard InChI is InChI=1S/C25H22F2IN3O4/c1-14-12-15(28)2-7-20(14)30-23-19(13-18(25(33)34)21(26)22(23)27)24(32)29-16-3-5-17(6-4-16)31-8-10-35-11-9-31/h2-7,12-13,30H,8-11H2,1H3,(H,29,32)(H,33,34). The lowest BCUT2D eigenvalue weighted by atomic mass is 10.0. The van der Waals surface area contributed by atoms with E-state index in [1.807, 2.05) is 18.2 Å². The number of carboxylic acid groups (broad SMARTS) is 1. The van der Waals surface area contributed by atoms with Crippen molar-refractivity contribution in [2.75, 3.05) is 41.8 Å². The maximum absolute atomic E-state index is 15.0. The van der Waals surface area contributed by atoms with E-state index in [-0.39, 0.29) is 5.56 Å². The summed E-state index contributed by atoms with van der Waals surface area (Å²) in [4.78, 5) is 26.8. The molecule has 0 saturated carbocycles. The van der Waals surface area contributed by atoms with Crippen LogP contribution in [0.1, 0.15) is 26.3 Å². The second kappa shape index (κ2) is 10.6. The average molecular weight is 593 g/mol. The molecule has 1 amide bonds. The third kappa shape index (κ3) is 5.54. The van der Waals surface area contributed by atoms with Gasteiger partial charge in [-0.25, -0.2) is 13.6 Å². The summed E-state index contributed by atoms with van der Waals surface area (Å²) in [7, 11) is 0. The Kier molecular flexibility index (Phi) is 7.51. The first-order valence-corrected chi connectivity index (χ1v) is 11.8. The number of carbonyl (C=O) groups is 2. The highest BCUT2D eigenvalue weighted by molar-refractivity contribution is 14.1. The van der Waals surface area contributed by atoms with Gasteiger partial charge in [-0.05, 0) is 83.6 Å². The van der Waals surface area contributed by atoms with Gasteiger partial charge in [0.2, 0.25) is 0 Å². The van der Waals surface area contributed by atoms with E-state index in [2.05, 4.69) is 38.1 Å². The van der Waals surface area contributed by atoms with E-state index in [1.165, 1.54) is 0 Å². The van der Waals surface area contributed by atoms with Gasteiger partial charge in [0, 0.05) is 33.7 Å². The van der Waals surface area contributed by atoms with Crippen molar-refractivity contribution in [1.29, 1.82) is 0 Å². The number of ether oxygens (including phenoxy) is 1. The molecule has 0 aliphatic carbocycles. The van der Waals surface area contributed by atoms with Crippen molar-refractivity contribution in [3.63, 3.8) is 0 Å². The number of amides is 1. The molecule has 1 saturated heterocycles. The lowest BCUT2D eigenvalue weighted by Crippen LogP contribution is -2.36. The fourth-order valence-electron chi connectivity index (χ4n) is 3.76. The Morgan fingerprint density at radius 2 is 1.69 bits per heavy atom. The average Bonchev–Trinajstić information content (AvgIpc) is 2.84. The maximum atomic E-state index is 15.0. The van der Waals surface area contributed by atoms with Crippen LogP contribution in [0.3, 0.4) is 0 Å². The van der Waals surface area contributed by atoms with Crippen LogP contribution in [-0.4, -0.2) is 43.3 Å². The Morgan fingerprint density at radius 3 is 2.31 bits per heavy atom. The quantitative estimate of drug-likeness (QED) is 0.332. The number of hydrogen-bond acceptors (Lipinski definition) is 5. The van der Waals surface area contributed by atoms with E-state index in [9.17, 15) is 19.1 Å². The van der Waals surface area contributed by atoms with Gasteiger partial charge in [-0.3, -0.25) is 4.79 Å². The summed E-state index contributed by atoms with van der Waals surface area (Å²) in [5.74, 6) is -5.45. The van der Waals surface area contributed by atoms with Gasteiger partial charge in [-0.1, -0.05) is 0 Å².